The molecule has 25 heavy (non-hydrogen) atoms. The molecule has 0 aliphatic heterocycles. The van der Waals surface area contributed by atoms with Crippen LogP contribution in [0.1, 0.15) is 19.4 Å². The minimum atomic E-state index is -3.74. The third kappa shape index (κ3) is 5.44. The molecule has 1 N–H and O–H groups in total. The first-order chi connectivity index (χ1) is 12.0. The monoisotopic (exact) mass is 367 g/mol. The molecule has 0 aromatic heterocycles. The Bertz CT molecular complexity index is 808. The van der Waals surface area contributed by atoms with Crippen molar-refractivity contribution in [1.29, 1.82) is 0 Å². The molecule has 2 aromatic rings. The van der Waals surface area contributed by atoms with Crippen LogP contribution in [0.5, 0.6) is 11.5 Å². The van der Waals surface area contributed by atoms with E-state index in [4.69, 9.17) is 9.47 Å². The highest BCUT2D eigenvalue weighted by Crippen LogP contribution is 2.28. The molecule has 0 bridgehead atoms. The van der Waals surface area contributed by atoms with Gasteiger partial charge in [0.2, 0.25) is 10.0 Å². The summed E-state index contributed by atoms with van der Waals surface area (Å²) in [6.07, 6.45) is 0.473. The van der Waals surface area contributed by atoms with Crippen molar-refractivity contribution in [3.63, 3.8) is 0 Å². The largest absolute Gasteiger partial charge is 0.490 e. The van der Waals surface area contributed by atoms with Crippen LogP contribution in [0.2, 0.25) is 0 Å². The lowest BCUT2D eigenvalue weighted by molar-refractivity contribution is 0.287. The van der Waals surface area contributed by atoms with Gasteiger partial charge in [0.25, 0.3) is 0 Å². The molecular formula is C18H22FNO4S. The van der Waals surface area contributed by atoms with Crippen molar-refractivity contribution in [1.82, 2.24) is 4.72 Å². The molecule has 0 atom stereocenters. The predicted octanol–water partition coefficient (Wildman–Crippen LogP) is 3.14. The standard InChI is InChI=1S/C18H22FNO4S/c1-3-23-17-9-8-14(12-18(17)24-4-2)10-11-20-25(21,22)16-7-5-6-15(19)13-16/h5-9,12-13,20H,3-4,10-11H2,1-2H3. The zero-order chi connectivity index (χ0) is 18.3. The first-order valence-corrected chi connectivity index (χ1v) is 9.58. The Labute approximate surface area is 147 Å². The number of hydrogen-bond donors (Lipinski definition) is 1. The highest BCUT2D eigenvalue weighted by Gasteiger charge is 2.14. The van der Waals surface area contributed by atoms with Crippen molar-refractivity contribution < 1.29 is 22.3 Å². The van der Waals surface area contributed by atoms with E-state index in [1.54, 1.807) is 0 Å². The Balaban J connectivity index is 2.02. The second-order valence-corrected chi connectivity index (χ2v) is 7.02. The van der Waals surface area contributed by atoms with Crippen LogP contribution < -0.4 is 14.2 Å². The van der Waals surface area contributed by atoms with E-state index in [-0.39, 0.29) is 11.4 Å². The molecule has 7 heteroatoms. The van der Waals surface area contributed by atoms with Gasteiger partial charge in [-0.05, 0) is 56.2 Å². The first-order valence-electron chi connectivity index (χ1n) is 8.10. The second kappa shape index (κ2) is 8.82. The van der Waals surface area contributed by atoms with Gasteiger partial charge in [-0.1, -0.05) is 12.1 Å². The summed E-state index contributed by atoms with van der Waals surface area (Å²) < 4.78 is 51.0. The number of hydrogen-bond acceptors (Lipinski definition) is 4. The van der Waals surface area contributed by atoms with Gasteiger partial charge in [0.05, 0.1) is 18.1 Å². The van der Waals surface area contributed by atoms with Crippen molar-refractivity contribution in [2.45, 2.75) is 25.2 Å². The van der Waals surface area contributed by atoms with Crippen LogP contribution >= 0.6 is 0 Å². The number of halogens is 1. The third-order valence-corrected chi connectivity index (χ3v) is 4.88. The van der Waals surface area contributed by atoms with Crippen molar-refractivity contribution >= 4 is 10.0 Å². The Morgan fingerprint density at radius 3 is 2.40 bits per heavy atom. The average molecular weight is 367 g/mol. The van der Waals surface area contributed by atoms with Crippen molar-refractivity contribution in [2.75, 3.05) is 19.8 Å². The maximum absolute atomic E-state index is 13.2. The molecular weight excluding hydrogens is 345 g/mol. The van der Waals surface area contributed by atoms with Gasteiger partial charge in [-0.3, -0.25) is 0 Å². The molecule has 2 aromatic carbocycles. The highest BCUT2D eigenvalue weighted by atomic mass is 32.2. The summed E-state index contributed by atoms with van der Waals surface area (Å²) in [7, 11) is -3.74. The summed E-state index contributed by atoms with van der Waals surface area (Å²) >= 11 is 0. The molecule has 5 nitrogen and oxygen atoms in total. The van der Waals surface area contributed by atoms with Crippen LogP contribution in [0.15, 0.2) is 47.4 Å². The smallest absolute Gasteiger partial charge is 0.240 e. The zero-order valence-corrected chi connectivity index (χ0v) is 15.1. The summed E-state index contributed by atoms with van der Waals surface area (Å²) in [5.41, 5.74) is 0.911. The minimum Gasteiger partial charge on any atom is -0.490 e. The van der Waals surface area contributed by atoms with E-state index in [9.17, 15) is 12.8 Å². The zero-order valence-electron chi connectivity index (χ0n) is 14.3. The van der Waals surface area contributed by atoms with Gasteiger partial charge in [-0.25, -0.2) is 17.5 Å². The summed E-state index contributed by atoms with van der Waals surface area (Å²) in [6, 6.07) is 10.4. The van der Waals surface area contributed by atoms with Crippen LogP contribution in [-0.2, 0) is 16.4 Å². The van der Waals surface area contributed by atoms with Gasteiger partial charge in [0, 0.05) is 6.54 Å². The van der Waals surface area contributed by atoms with Crippen LogP contribution in [0.4, 0.5) is 4.39 Å². The van der Waals surface area contributed by atoms with E-state index >= 15 is 0 Å². The van der Waals surface area contributed by atoms with Gasteiger partial charge in [-0.2, -0.15) is 0 Å². The van der Waals surface area contributed by atoms with Gasteiger partial charge in [0.1, 0.15) is 5.82 Å². The van der Waals surface area contributed by atoms with Gasteiger partial charge < -0.3 is 9.47 Å². The molecule has 0 fully saturated rings. The van der Waals surface area contributed by atoms with E-state index in [1.165, 1.54) is 18.2 Å². The Morgan fingerprint density at radius 1 is 1.00 bits per heavy atom. The number of nitrogens with one attached hydrogen (secondary N) is 1. The van der Waals surface area contributed by atoms with E-state index < -0.39 is 15.8 Å². The lowest BCUT2D eigenvalue weighted by Crippen LogP contribution is -2.26. The first kappa shape index (κ1) is 19.2. The van der Waals surface area contributed by atoms with Crippen LogP contribution in [0.3, 0.4) is 0 Å². The maximum atomic E-state index is 13.2. The molecule has 0 aliphatic rings. The lowest BCUT2D eigenvalue weighted by atomic mass is 10.1. The normalized spacial score (nSPS) is 11.3. The fraction of sp³-hybridized carbons (Fsp3) is 0.333. The Kier molecular flexibility index (Phi) is 6.78. The SMILES string of the molecule is CCOc1ccc(CCNS(=O)(=O)c2cccc(F)c2)cc1OCC. The molecule has 0 unspecified atom stereocenters. The molecule has 0 saturated carbocycles. The number of ether oxygens (including phenoxy) is 2. The fourth-order valence-electron chi connectivity index (χ4n) is 2.30. The summed E-state index contributed by atoms with van der Waals surface area (Å²) in [5, 5.41) is 0. The average Bonchev–Trinajstić information content (AvgIpc) is 2.57. The Hall–Kier alpha value is -2.12. The number of benzene rings is 2. The van der Waals surface area contributed by atoms with Crippen LogP contribution in [0, 0.1) is 5.82 Å². The molecule has 0 radical (unpaired) electrons. The quantitative estimate of drug-likeness (QED) is 0.739. The van der Waals surface area contributed by atoms with Gasteiger partial charge >= 0.3 is 0 Å². The summed E-state index contributed by atoms with van der Waals surface area (Å²) in [5.74, 6) is 0.707. The van der Waals surface area contributed by atoms with Crippen LogP contribution in [-0.4, -0.2) is 28.2 Å². The molecule has 0 heterocycles. The number of sulfonamides is 1. The van der Waals surface area contributed by atoms with Gasteiger partial charge in [-0.15, -0.1) is 0 Å². The summed E-state index contributed by atoms with van der Waals surface area (Å²) in [6.45, 7) is 5.02. The molecule has 136 valence electrons. The molecule has 0 spiro atoms. The molecule has 0 amide bonds. The second-order valence-electron chi connectivity index (χ2n) is 5.25. The van der Waals surface area contributed by atoms with E-state index in [1.807, 2.05) is 32.0 Å². The topological polar surface area (TPSA) is 64.6 Å². The fourth-order valence-corrected chi connectivity index (χ4v) is 3.36. The number of rotatable bonds is 9. The van der Waals surface area contributed by atoms with Crippen molar-refractivity contribution in [3.05, 3.63) is 53.8 Å². The van der Waals surface area contributed by atoms with Gasteiger partial charge in [0.15, 0.2) is 11.5 Å². The molecule has 0 saturated heterocycles. The maximum Gasteiger partial charge on any atom is 0.240 e. The Morgan fingerprint density at radius 2 is 1.72 bits per heavy atom. The highest BCUT2D eigenvalue weighted by molar-refractivity contribution is 7.89. The van der Waals surface area contributed by atoms with Crippen LogP contribution in [0.25, 0.3) is 0 Å². The van der Waals surface area contributed by atoms with E-state index in [2.05, 4.69) is 4.72 Å². The predicted molar refractivity (Wildman–Crippen MR) is 94.1 cm³/mol. The van der Waals surface area contributed by atoms with E-state index in [0.29, 0.717) is 31.1 Å². The van der Waals surface area contributed by atoms with Crippen molar-refractivity contribution in [3.8, 4) is 11.5 Å². The molecule has 2 rings (SSSR count). The van der Waals surface area contributed by atoms with Crippen molar-refractivity contribution in [2.24, 2.45) is 0 Å². The molecule has 0 aliphatic carbocycles. The van der Waals surface area contributed by atoms with E-state index in [0.717, 1.165) is 11.6 Å². The third-order valence-electron chi connectivity index (χ3n) is 3.42. The summed E-state index contributed by atoms with van der Waals surface area (Å²) in [4.78, 5) is -0.0887. The minimum absolute atomic E-state index is 0.0887. The lowest BCUT2D eigenvalue weighted by Gasteiger charge is -2.13.